The summed E-state index contributed by atoms with van der Waals surface area (Å²) >= 11 is 0. The van der Waals surface area contributed by atoms with Gasteiger partial charge >= 0.3 is 6.03 Å². The van der Waals surface area contributed by atoms with E-state index in [9.17, 15) is 9.18 Å². The van der Waals surface area contributed by atoms with Gasteiger partial charge in [0.25, 0.3) is 0 Å². The summed E-state index contributed by atoms with van der Waals surface area (Å²) in [5.74, 6) is -0.191. The standard InChI is InChI=1S/C13H18FN5O2/c14-10-1-3-11(4-2-10)16-13(20)19-7-5-18(6-8-19)9-12(15)17-21/h1-4,21H,5-9H2,(H2,15,17)(H,16,20). The Morgan fingerprint density at radius 3 is 2.48 bits per heavy atom. The van der Waals surface area contributed by atoms with E-state index in [0.29, 0.717) is 38.4 Å². The van der Waals surface area contributed by atoms with Crippen molar-refractivity contribution in [2.75, 3.05) is 38.0 Å². The molecule has 1 aliphatic rings. The van der Waals surface area contributed by atoms with E-state index in [1.54, 1.807) is 4.90 Å². The van der Waals surface area contributed by atoms with Crippen LogP contribution in [0.15, 0.2) is 29.4 Å². The van der Waals surface area contributed by atoms with Gasteiger partial charge in [-0.1, -0.05) is 5.16 Å². The molecule has 1 aliphatic heterocycles. The van der Waals surface area contributed by atoms with Crippen molar-refractivity contribution in [3.05, 3.63) is 30.1 Å². The van der Waals surface area contributed by atoms with Crippen LogP contribution in [0.4, 0.5) is 14.9 Å². The minimum absolute atomic E-state index is 0.152. The van der Waals surface area contributed by atoms with E-state index in [4.69, 9.17) is 10.9 Å². The molecule has 1 fully saturated rings. The highest BCUT2D eigenvalue weighted by atomic mass is 19.1. The van der Waals surface area contributed by atoms with Crippen molar-refractivity contribution in [1.82, 2.24) is 9.80 Å². The molecule has 0 unspecified atom stereocenters. The molecule has 1 aromatic carbocycles. The predicted molar refractivity (Wildman–Crippen MR) is 76.8 cm³/mol. The summed E-state index contributed by atoms with van der Waals surface area (Å²) in [6.07, 6.45) is 0. The highest BCUT2D eigenvalue weighted by Gasteiger charge is 2.21. The Balaban J connectivity index is 1.81. The van der Waals surface area contributed by atoms with Crippen LogP contribution in [0.5, 0.6) is 0 Å². The molecule has 2 amide bonds. The van der Waals surface area contributed by atoms with Gasteiger partial charge in [0.05, 0.1) is 6.54 Å². The summed E-state index contributed by atoms with van der Waals surface area (Å²) in [5, 5.41) is 14.2. The third kappa shape index (κ3) is 4.32. The van der Waals surface area contributed by atoms with Crippen molar-refractivity contribution in [3.63, 3.8) is 0 Å². The zero-order chi connectivity index (χ0) is 15.2. The lowest BCUT2D eigenvalue weighted by Crippen LogP contribution is -2.51. The van der Waals surface area contributed by atoms with Crippen molar-refractivity contribution >= 4 is 17.6 Å². The first-order valence-corrected chi connectivity index (χ1v) is 6.59. The van der Waals surface area contributed by atoms with Crippen molar-refractivity contribution in [3.8, 4) is 0 Å². The number of piperazine rings is 1. The molecule has 0 aromatic heterocycles. The Kier molecular flexibility index (Phi) is 4.94. The number of halogens is 1. The molecule has 21 heavy (non-hydrogen) atoms. The quantitative estimate of drug-likeness (QED) is 0.331. The first kappa shape index (κ1) is 15.0. The minimum Gasteiger partial charge on any atom is -0.409 e. The van der Waals surface area contributed by atoms with Crippen molar-refractivity contribution < 1.29 is 14.4 Å². The molecule has 0 radical (unpaired) electrons. The maximum Gasteiger partial charge on any atom is 0.321 e. The van der Waals surface area contributed by atoms with Gasteiger partial charge in [0.15, 0.2) is 5.84 Å². The molecule has 1 saturated heterocycles. The number of urea groups is 1. The first-order chi connectivity index (χ1) is 10.1. The Labute approximate surface area is 121 Å². The van der Waals surface area contributed by atoms with E-state index >= 15 is 0 Å². The van der Waals surface area contributed by atoms with Gasteiger partial charge in [-0.05, 0) is 24.3 Å². The number of nitrogens with two attached hydrogens (primary N) is 1. The van der Waals surface area contributed by atoms with E-state index < -0.39 is 0 Å². The number of amidine groups is 1. The van der Waals surface area contributed by atoms with Crippen LogP contribution >= 0.6 is 0 Å². The van der Waals surface area contributed by atoms with Crippen LogP contribution in [0.2, 0.25) is 0 Å². The Hall–Kier alpha value is -2.35. The van der Waals surface area contributed by atoms with Gasteiger partial charge in [0.1, 0.15) is 5.82 Å². The maximum atomic E-state index is 12.8. The molecule has 4 N–H and O–H groups in total. The average Bonchev–Trinajstić information content (AvgIpc) is 2.50. The molecule has 1 aromatic rings. The van der Waals surface area contributed by atoms with E-state index in [1.165, 1.54) is 24.3 Å². The molecule has 114 valence electrons. The second kappa shape index (κ2) is 6.89. The van der Waals surface area contributed by atoms with E-state index in [1.807, 2.05) is 4.90 Å². The van der Waals surface area contributed by atoms with Gasteiger partial charge in [-0.2, -0.15) is 0 Å². The second-order valence-corrected chi connectivity index (χ2v) is 4.79. The van der Waals surface area contributed by atoms with Gasteiger partial charge in [0.2, 0.25) is 0 Å². The smallest absolute Gasteiger partial charge is 0.321 e. The number of benzene rings is 1. The Morgan fingerprint density at radius 1 is 1.29 bits per heavy atom. The Morgan fingerprint density at radius 2 is 1.90 bits per heavy atom. The zero-order valence-electron chi connectivity index (χ0n) is 11.5. The van der Waals surface area contributed by atoms with E-state index in [-0.39, 0.29) is 17.7 Å². The second-order valence-electron chi connectivity index (χ2n) is 4.79. The number of anilines is 1. The molecular formula is C13H18FN5O2. The number of carbonyl (C=O) groups is 1. The molecule has 0 atom stereocenters. The monoisotopic (exact) mass is 295 g/mol. The molecule has 0 spiro atoms. The Bertz CT molecular complexity index is 512. The number of hydrogen-bond acceptors (Lipinski definition) is 4. The third-order valence-electron chi connectivity index (χ3n) is 3.27. The molecule has 0 aliphatic carbocycles. The number of oxime groups is 1. The van der Waals surface area contributed by atoms with Gasteiger partial charge in [0, 0.05) is 31.9 Å². The van der Waals surface area contributed by atoms with Crippen LogP contribution in [-0.4, -0.2) is 59.6 Å². The van der Waals surface area contributed by atoms with Gasteiger partial charge in [-0.3, -0.25) is 4.90 Å². The maximum absolute atomic E-state index is 12.8. The highest BCUT2D eigenvalue weighted by molar-refractivity contribution is 5.89. The number of carbonyl (C=O) groups excluding carboxylic acids is 1. The first-order valence-electron chi connectivity index (χ1n) is 6.59. The summed E-state index contributed by atoms with van der Waals surface area (Å²) < 4.78 is 12.8. The topological polar surface area (TPSA) is 94.2 Å². The molecular weight excluding hydrogens is 277 g/mol. The fourth-order valence-corrected chi connectivity index (χ4v) is 2.11. The van der Waals surface area contributed by atoms with E-state index in [0.717, 1.165) is 0 Å². The molecule has 7 nitrogen and oxygen atoms in total. The van der Waals surface area contributed by atoms with Crippen LogP contribution in [-0.2, 0) is 0 Å². The van der Waals surface area contributed by atoms with Crippen LogP contribution in [0.25, 0.3) is 0 Å². The largest absolute Gasteiger partial charge is 0.409 e. The van der Waals surface area contributed by atoms with Crippen molar-refractivity contribution in [1.29, 1.82) is 0 Å². The lowest BCUT2D eigenvalue weighted by Gasteiger charge is -2.34. The number of nitrogens with zero attached hydrogens (tertiary/aromatic N) is 3. The highest BCUT2D eigenvalue weighted by Crippen LogP contribution is 2.10. The lowest BCUT2D eigenvalue weighted by atomic mass is 10.3. The van der Waals surface area contributed by atoms with Gasteiger partial charge in [-0.25, -0.2) is 9.18 Å². The number of rotatable bonds is 3. The fraction of sp³-hybridized carbons (Fsp3) is 0.385. The number of nitrogens with one attached hydrogen (secondary N) is 1. The SMILES string of the molecule is NC(CN1CCN(C(=O)Nc2ccc(F)cc2)CC1)=NO. The summed E-state index contributed by atoms with van der Waals surface area (Å²) in [6, 6.07) is 5.41. The number of amides is 2. The van der Waals surface area contributed by atoms with Crippen LogP contribution in [0.3, 0.4) is 0 Å². The third-order valence-corrected chi connectivity index (χ3v) is 3.27. The van der Waals surface area contributed by atoms with Crippen LogP contribution in [0, 0.1) is 5.82 Å². The molecule has 1 heterocycles. The zero-order valence-corrected chi connectivity index (χ0v) is 11.5. The summed E-state index contributed by atoms with van der Waals surface area (Å²) in [4.78, 5) is 15.7. The van der Waals surface area contributed by atoms with Crippen molar-refractivity contribution in [2.24, 2.45) is 10.9 Å². The fourth-order valence-electron chi connectivity index (χ4n) is 2.11. The molecule has 0 bridgehead atoms. The molecule has 8 heteroatoms. The van der Waals surface area contributed by atoms with Crippen LogP contribution < -0.4 is 11.1 Å². The average molecular weight is 295 g/mol. The van der Waals surface area contributed by atoms with Crippen molar-refractivity contribution in [2.45, 2.75) is 0 Å². The molecule has 0 saturated carbocycles. The summed E-state index contributed by atoms with van der Waals surface area (Å²) in [7, 11) is 0. The number of hydrogen-bond donors (Lipinski definition) is 3. The van der Waals surface area contributed by atoms with E-state index in [2.05, 4.69) is 10.5 Å². The predicted octanol–water partition coefficient (Wildman–Crippen LogP) is 0.722. The minimum atomic E-state index is -0.343. The van der Waals surface area contributed by atoms with Gasteiger partial charge in [-0.15, -0.1) is 0 Å². The molecule has 2 rings (SSSR count). The lowest BCUT2D eigenvalue weighted by molar-refractivity contribution is 0.157. The normalized spacial score (nSPS) is 16.8. The van der Waals surface area contributed by atoms with Crippen LogP contribution in [0.1, 0.15) is 0 Å². The van der Waals surface area contributed by atoms with Gasteiger partial charge < -0.3 is 21.2 Å². The summed E-state index contributed by atoms with van der Waals surface area (Å²) in [6.45, 7) is 2.77. The summed E-state index contributed by atoms with van der Waals surface area (Å²) in [5.41, 5.74) is 6.00.